The summed E-state index contributed by atoms with van der Waals surface area (Å²) < 4.78 is 1.58. The van der Waals surface area contributed by atoms with Crippen molar-refractivity contribution in [3.8, 4) is 0 Å². The van der Waals surface area contributed by atoms with Crippen LogP contribution in [0.5, 0.6) is 0 Å². The molecule has 1 N–H and O–H groups in total. The van der Waals surface area contributed by atoms with Gasteiger partial charge in [0, 0.05) is 6.42 Å². The summed E-state index contributed by atoms with van der Waals surface area (Å²) in [6, 6.07) is 17.6. The van der Waals surface area contributed by atoms with Gasteiger partial charge in [-0.15, -0.1) is 0 Å². The van der Waals surface area contributed by atoms with E-state index in [9.17, 15) is 4.79 Å². The van der Waals surface area contributed by atoms with Crippen LogP contribution >= 0.6 is 0 Å². The van der Waals surface area contributed by atoms with E-state index in [2.05, 4.69) is 15.2 Å². The molecule has 5 heteroatoms. The Balaban J connectivity index is 2.01. The Kier molecular flexibility index (Phi) is 2.57. The Hall–Kier alpha value is -2.95. The first-order valence-electron chi connectivity index (χ1n) is 6.71. The van der Waals surface area contributed by atoms with Crippen molar-refractivity contribution in [2.45, 2.75) is 6.42 Å². The second-order valence-electron chi connectivity index (χ2n) is 4.90. The zero-order valence-electron chi connectivity index (χ0n) is 11.2. The van der Waals surface area contributed by atoms with Gasteiger partial charge in [-0.05, 0) is 17.7 Å². The van der Waals surface area contributed by atoms with E-state index >= 15 is 0 Å². The number of hydrogen-bond acceptors (Lipinski definition) is 3. The van der Waals surface area contributed by atoms with E-state index in [1.54, 1.807) is 4.40 Å². The van der Waals surface area contributed by atoms with Crippen LogP contribution in [0.25, 0.3) is 16.7 Å². The van der Waals surface area contributed by atoms with Crippen molar-refractivity contribution in [1.29, 1.82) is 0 Å². The number of nitrogens with zero attached hydrogens (tertiary/aromatic N) is 3. The van der Waals surface area contributed by atoms with Crippen molar-refractivity contribution in [2.24, 2.45) is 0 Å². The molecule has 0 spiro atoms. The van der Waals surface area contributed by atoms with Crippen LogP contribution in [0.4, 0.5) is 0 Å². The highest BCUT2D eigenvalue weighted by Crippen LogP contribution is 2.17. The Morgan fingerprint density at radius 1 is 1.00 bits per heavy atom. The fraction of sp³-hybridized carbons (Fsp3) is 0.0625. The quantitative estimate of drug-likeness (QED) is 0.610. The highest BCUT2D eigenvalue weighted by molar-refractivity contribution is 5.78. The van der Waals surface area contributed by atoms with Gasteiger partial charge >= 0.3 is 5.69 Å². The van der Waals surface area contributed by atoms with Crippen molar-refractivity contribution >= 4 is 16.7 Å². The van der Waals surface area contributed by atoms with Crippen LogP contribution in [0.2, 0.25) is 0 Å². The molecule has 102 valence electrons. The third-order valence-corrected chi connectivity index (χ3v) is 3.52. The normalized spacial score (nSPS) is 11.2. The summed E-state index contributed by atoms with van der Waals surface area (Å²) in [5.74, 6) is 0. The predicted octanol–water partition coefficient (Wildman–Crippen LogP) is 2.16. The van der Waals surface area contributed by atoms with Crippen molar-refractivity contribution < 1.29 is 0 Å². The monoisotopic (exact) mass is 276 g/mol. The van der Waals surface area contributed by atoms with Gasteiger partial charge in [-0.2, -0.15) is 5.10 Å². The molecule has 4 aromatic rings. The van der Waals surface area contributed by atoms with Gasteiger partial charge in [0.1, 0.15) is 0 Å². The third-order valence-electron chi connectivity index (χ3n) is 3.52. The molecule has 0 saturated carbocycles. The highest BCUT2D eigenvalue weighted by atomic mass is 16.1. The standard InChI is InChI=1S/C16H12N4O/c21-16-19-18-15-13(10-11-6-2-1-3-7-11)17-12-8-4-5-9-14(12)20(15)16/h1-9H,10H2,(H,19,21). The maximum Gasteiger partial charge on any atom is 0.348 e. The summed E-state index contributed by atoms with van der Waals surface area (Å²) in [5.41, 5.74) is 3.83. The molecule has 0 unspecified atom stereocenters. The molecule has 0 fully saturated rings. The lowest BCUT2D eigenvalue weighted by molar-refractivity contribution is 1.04. The lowest BCUT2D eigenvalue weighted by Crippen LogP contribution is -2.11. The minimum Gasteiger partial charge on any atom is -0.247 e. The average Bonchev–Trinajstić information content (AvgIpc) is 2.91. The van der Waals surface area contributed by atoms with Crippen LogP contribution in [0.1, 0.15) is 11.3 Å². The van der Waals surface area contributed by atoms with E-state index in [1.165, 1.54) is 0 Å². The number of aromatic amines is 1. The molecule has 0 aliphatic heterocycles. The fourth-order valence-corrected chi connectivity index (χ4v) is 2.57. The second-order valence-corrected chi connectivity index (χ2v) is 4.90. The van der Waals surface area contributed by atoms with Gasteiger partial charge in [0.2, 0.25) is 0 Å². The third kappa shape index (κ3) is 1.90. The molecule has 2 heterocycles. The summed E-state index contributed by atoms with van der Waals surface area (Å²) >= 11 is 0. The highest BCUT2D eigenvalue weighted by Gasteiger charge is 2.12. The molecular weight excluding hydrogens is 264 g/mol. The van der Waals surface area contributed by atoms with Crippen LogP contribution < -0.4 is 5.69 Å². The Morgan fingerprint density at radius 3 is 2.62 bits per heavy atom. The predicted molar refractivity (Wildman–Crippen MR) is 80.4 cm³/mol. The number of rotatable bonds is 2. The van der Waals surface area contributed by atoms with Crippen molar-refractivity contribution in [1.82, 2.24) is 19.6 Å². The molecule has 0 atom stereocenters. The molecule has 0 saturated heterocycles. The van der Waals surface area contributed by atoms with Crippen LogP contribution in [0, 0.1) is 0 Å². The minimum absolute atomic E-state index is 0.238. The van der Waals surface area contributed by atoms with Gasteiger partial charge in [-0.1, -0.05) is 42.5 Å². The molecule has 0 amide bonds. The van der Waals surface area contributed by atoms with E-state index in [-0.39, 0.29) is 5.69 Å². The van der Waals surface area contributed by atoms with Gasteiger partial charge in [-0.25, -0.2) is 19.3 Å². The molecule has 0 aliphatic rings. The minimum atomic E-state index is -0.238. The van der Waals surface area contributed by atoms with Gasteiger partial charge in [0.05, 0.1) is 16.7 Å². The number of H-pyrrole nitrogens is 1. The number of para-hydroxylation sites is 2. The van der Waals surface area contributed by atoms with E-state index < -0.39 is 0 Å². The molecule has 0 bridgehead atoms. The molecule has 2 aromatic carbocycles. The summed E-state index contributed by atoms with van der Waals surface area (Å²) in [6.45, 7) is 0. The fourth-order valence-electron chi connectivity index (χ4n) is 2.57. The molecule has 0 aliphatic carbocycles. The van der Waals surface area contributed by atoms with Gasteiger partial charge in [-0.3, -0.25) is 0 Å². The topological polar surface area (TPSA) is 63.0 Å². The number of benzene rings is 2. The van der Waals surface area contributed by atoms with Crippen LogP contribution in [0.15, 0.2) is 59.4 Å². The molecule has 4 rings (SSSR count). The maximum atomic E-state index is 12.0. The van der Waals surface area contributed by atoms with Gasteiger partial charge < -0.3 is 0 Å². The smallest absolute Gasteiger partial charge is 0.247 e. The number of nitrogens with one attached hydrogen (secondary N) is 1. The summed E-state index contributed by atoms with van der Waals surface area (Å²) in [5, 5.41) is 6.64. The first-order chi connectivity index (χ1) is 10.3. The SMILES string of the molecule is O=c1[nH]nc2c(Cc3ccccc3)nc3ccccc3n12. The van der Waals surface area contributed by atoms with Crippen LogP contribution in [-0.4, -0.2) is 19.6 Å². The summed E-state index contributed by atoms with van der Waals surface area (Å²) in [6.07, 6.45) is 0.638. The largest absolute Gasteiger partial charge is 0.348 e. The number of fused-ring (bicyclic) bond motifs is 3. The molecule has 0 radical (unpaired) electrons. The maximum absolute atomic E-state index is 12.0. The van der Waals surface area contributed by atoms with Gasteiger partial charge in [0.15, 0.2) is 5.65 Å². The summed E-state index contributed by atoms with van der Waals surface area (Å²) in [4.78, 5) is 16.7. The van der Waals surface area contributed by atoms with Crippen molar-refractivity contribution in [2.75, 3.05) is 0 Å². The second kappa shape index (κ2) is 4.56. The molecule has 21 heavy (non-hydrogen) atoms. The Morgan fingerprint density at radius 2 is 1.76 bits per heavy atom. The average molecular weight is 276 g/mol. The van der Waals surface area contributed by atoms with Gasteiger partial charge in [0.25, 0.3) is 0 Å². The van der Waals surface area contributed by atoms with E-state index in [0.717, 1.165) is 22.3 Å². The lowest BCUT2D eigenvalue weighted by Gasteiger charge is -2.06. The van der Waals surface area contributed by atoms with Crippen LogP contribution in [0.3, 0.4) is 0 Å². The molecular formula is C16H12N4O. The zero-order chi connectivity index (χ0) is 14.2. The first-order valence-corrected chi connectivity index (χ1v) is 6.71. The van der Waals surface area contributed by atoms with E-state index in [1.807, 2.05) is 54.6 Å². The van der Waals surface area contributed by atoms with Crippen molar-refractivity contribution in [3.05, 3.63) is 76.3 Å². The lowest BCUT2D eigenvalue weighted by atomic mass is 10.1. The van der Waals surface area contributed by atoms with E-state index in [0.29, 0.717) is 12.1 Å². The zero-order valence-corrected chi connectivity index (χ0v) is 11.2. The van der Waals surface area contributed by atoms with E-state index in [4.69, 9.17) is 0 Å². The number of aromatic nitrogens is 4. The van der Waals surface area contributed by atoms with Crippen LogP contribution in [-0.2, 0) is 6.42 Å². The number of hydrogen-bond donors (Lipinski definition) is 1. The van der Waals surface area contributed by atoms with Crippen molar-refractivity contribution in [3.63, 3.8) is 0 Å². The Labute approximate surface area is 119 Å². The first kappa shape index (κ1) is 11.8. The molecule has 2 aromatic heterocycles. The summed E-state index contributed by atoms with van der Waals surface area (Å²) in [7, 11) is 0. The Bertz CT molecular complexity index is 985. The molecule has 5 nitrogen and oxygen atoms in total.